The van der Waals surface area contributed by atoms with Crippen LogP contribution < -0.4 is 0 Å². The highest BCUT2D eigenvalue weighted by Crippen LogP contribution is 2.35. The first-order valence-corrected chi connectivity index (χ1v) is 36.9. The van der Waals surface area contributed by atoms with E-state index in [1.165, 1.54) is 131 Å². The molecule has 0 bridgehead atoms. The van der Waals surface area contributed by atoms with Crippen LogP contribution in [-0.4, -0.2) is 0 Å². The molecule has 0 aliphatic heterocycles. The maximum absolute atomic E-state index is 15.0. The summed E-state index contributed by atoms with van der Waals surface area (Å²) in [7, 11) is 0. The van der Waals surface area contributed by atoms with Gasteiger partial charge in [-0.25, -0.2) is 26.3 Å². The molecule has 0 aliphatic carbocycles. The minimum absolute atomic E-state index is 0.315. The summed E-state index contributed by atoms with van der Waals surface area (Å²) >= 11 is 0. The molecule has 0 unspecified atom stereocenters. The number of benzene rings is 9. The van der Waals surface area contributed by atoms with E-state index >= 15 is 0 Å². The van der Waals surface area contributed by atoms with Crippen molar-refractivity contribution in [3.63, 3.8) is 0 Å². The van der Waals surface area contributed by atoms with Crippen LogP contribution in [0.4, 0.5) is 26.3 Å². The van der Waals surface area contributed by atoms with Crippen LogP contribution in [0.25, 0.3) is 66.8 Å². The summed E-state index contributed by atoms with van der Waals surface area (Å²) in [6.45, 7) is 13.1. The highest BCUT2D eigenvalue weighted by molar-refractivity contribution is 5.74. The molecular formula is C90H108F6. The predicted molar refractivity (Wildman–Crippen MR) is 399 cm³/mol. The van der Waals surface area contributed by atoms with Crippen LogP contribution in [0.2, 0.25) is 0 Å². The lowest BCUT2D eigenvalue weighted by molar-refractivity contribution is 0.497. The summed E-state index contributed by atoms with van der Waals surface area (Å²) in [4.78, 5) is 0. The van der Waals surface area contributed by atoms with Crippen molar-refractivity contribution in [2.24, 2.45) is 0 Å². The fourth-order valence-electron chi connectivity index (χ4n) is 12.6. The van der Waals surface area contributed by atoms with Gasteiger partial charge in [0.05, 0.1) is 0 Å². The first kappa shape index (κ1) is 75.9. The van der Waals surface area contributed by atoms with Gasteiger partial charge in [0.2, 0.25) is 0 Å². The first-order chi connectivity index (χ1) is 46.9. The molecule has 0 N–H and O–H groups in total. The van der Waals surface area contributed by atoms with Crippen LogP contribution >= 0.6 is 0 Å². The molecule has 0 heterocycles. The van der Waals surface area contributed by atoms with Gasteiger partial charge in [-0.15, -0.1) is 0 Å². The molecule has 0 aromatic heterocycles. The van der Waals surface area contributed by atoms with Gasteiger partial charge < -0.3 is 0 Å². The third kappa shape index (κ3) is 23.7. The van der Waals surface area contributed by atoms with Crippen LogP contribution in [-0.2, 0) is 38.5 Å². The molecule has 0 fully saturated rings. The Morgan fingerprint density at radius 1 is 0.167 bits per heavy atom. The number of hydrogen-bond acceptors (Lipinski definition) is 0. The molecular weight excluding hydrogens is 1190 g/mol. The molecule has 0 saturated heterocycles. The quantitative estimate of drug-likeness (QED) is 0.0271. The number of halogens is 6. The minimum Gasteiger partial charge on any atom is -0.203 e. The van der Waals surface area contributed by atoms with Crippen molar-refractivity contribution in [3.05, 3.63) is 250 Å². The van der Waals surface area contributed by atoms with Gasteiger partial charge in [-0.1, -0.05) is 339 Å². The summed E-state index contributed by atoms with van der Waals surface area (Å²) in [6.07, 6.45) is 34.0. The third-order valence-electron chi connectivity index (χ3n) is 18.8. The Labute approximate surface area is 574 Å². The fraction of sp³-hybridized carbons (Fsp3) is 0.400. The van der Waals surface area contributed by atoms with Gasteiger partial charge in [-0.3, -0.25) is 0 Å². The van der Waals surface area contributed by atoms with Gasteiger partial charge in [-0.2, -0.15) is 0 Å². The Kier molecular flexibility index (Phi) is 33.4. The van der Waals surface area contributed by atoms with E-state index in [9.17, 15) is 26.3 Å². The van der Waals surface area contributed by atoms with Crippen LogP contribution in [0.5, 0.6) is 0 Å². The Bertz CT molecular complexity index is 3640. The van der Waals surface area contributed by atoms with E-state index in [0.29, 0.717) is 68.5 Å². The second-order valence-electron chi connectivity index (χ2n) is 26.4. The van der Waals surface area contributed by atoms with Crippen molar-refractivity contribution in [1.82, 2.24) is 0 Å². The number of rotatable bonds is 36. The lowest BCUT2D eigenvalue weighted by atomic mass is 9.96. The summed E-state index contributed by atoms with van der Waals surface area (Å²) < 4.78 is 88.6. The van der Waals surface area contributed by atoms with Crippen molar-refractivity contribution in [2.45, 2.75) is 234 Å². The maximum atomic E-state index is 15.0. The van der Waals surface area contributed by atoms with E-state index in [4.69, 9.17) is 0 Å². The van der Waals surface area contributed by atoms with Crippen LogP contribution in [0, 0.1) is 34.9 Å². The largest absolute Gasteiger partial charge is 0.203 e. The Morgan fingerprint density at radius 2 is 0.344 bits per heavy atom. The molecule has 0 saturated carbocycles. The summed E-state index contributed by atoms with van der Waals surface area (Å²) in [6, 6.07) is 58.9. The highest BCUT2D eigenvalue weighted by atomic mass is 19.2. The van der Waals surface area contributed by atoms with Crippen LogP contribution in [0.1, 0.15) is 229 Å². The van der Waals surface area contributed by atoms with E-state index in [0.717, 1.165) is 92.9 Å². The molecule has 9 aromatic carbocycles. The zero-order valence-electron chi connectivity index (χ0n) is 58.8. The molecule has 510 valence electrons. The van der Waals surface area contributed by atoms with Crippen LogP contribution in [0.15, 0.2) is 182 Å². The Hall–Kier alpha value is -7.44. The fourth-order valence-corrected chi connectivity index (χ4v) is 12.6. The molecule has 0 atom stereocenters. The molecule has 96 heavy (non-hydrogen) atoms. The van der Waals surface area contributed by atoms with E-state index in [-0.39, 0.29) is 0 Å². The van der Waals surface area contributed by atoms with Crippen molar-refractivity contribution in [3.8, 4) is 66.8 Å². The summed E-state index contributed by atoms with van der Waals surface area (Å²) in [5.74, 6) is -4.42. The Morgan fingerprint density at radius 3 is 0.615 bits per heavy atom. The third-order valence-corrected chi connectivity index (χ3v) is 18.8. The minimum atomic E-state index is -0.777. The van der Waals surface area contributed by atoms with Gasteiger partial charge in [0, 0.05) is 22.3 Å². The normalized spacial score (nSPS) is 11.1. The number of aryl methyl sites for hydroxylation is 6. The van der Waals surface area contributed by atoms with E-state index < -0.39 is 34.9 Å². The summed E-state index contributed by atoms with van der Waals surface area (Å²) in [5.41, 5.74) is 14.8. The van der Waals surface area contributed by atoms with Crippen molar-refractivity contribution >= 4 is 0 Å². The molecule has 6 heteroatoms. The highest BCUT2D eigenvalue weighted by Gasteiger charge is 2.19. The smallest absolute Gasteiger partial charge is 0.167 e. The number of hydrogen-bond donors (Lipinski definition) is 0. The second-order valence-corrected chi connectivity index (χ2v) is 26.4. The van der Waals surface area contributed by atoms with Gasteiger partial charge >= 0.3 is 0 Å². The maximum Gasteiger partial charge on any atom is 0.167 e. The van der Waals surface area contributed by atoms with Crippen molar-refractivity contribution in [2.75, 3.05) is 0 Å². The molecule has 0 spiro atoms. The first-order valence-electron chi connectivity index (χ1n) is 36.9. The van der Waals surface area contributed by atoms with Gasteiger partial charge in [0.15, 0.2) is 34.9 Å². The van der Waals surface area contributed by atoms with Gasteiger partial charge in [-0.05, 0) is 155 Å². The zero-order valence-corrected chi connectivity index (χ0v) is 58.8. The SMILES string of the molecule is CCCCCCCc1ccc(-c2ccc(-c3ccc(CCCCC)c(F)c3F)cc2)cc1.CCCCCCCc1ccc(-c2ccc(-c3ccc(CCCCC)cc3)c(F)c2F)cc1.CCCCCCCc1ccc(-c2ccc(-c3ccc(CCCCC)cc3)cc2)c(F)c1F. The van der Waals surface area contributed by atoms with Crippen molar-refractivity contribution in [1.29, 1.82) is 0 Å². The molecule has 9 rings (SSSR count). The molecule has 9 aromatic rings. The van der Waals surface area contributed by atoms with Gasteiger partial charge in [0.1, 0.15) is 0 Å². The molecule has 0 nitrogen and oxygen atoms in total. The Balaban J connectivity index is 0.000000203. The average Bonchev–Trinajstić information content (AvgIpc) is 0.868. The predicted octanol–water partition coefficient (Wildman–Crippen LogP) is 28.6. The van der Waals surface area contributed by atoms with Gasteiger partial charge in [0.25, 0.3) is 0 Å². The molecule has 0 radical (unpaired) electrons. The van der Waals surface area contributed by atoms with Crippen LogP contribution in [0.3, 0.4) is 0 Å². The zero-order chi connectivity index (χ0) is 68.3. The van der Waals surface area contributed by atoms with E-state index in [1.54, 1.807) is 36.4 Å². The topological polar surface area (TPSA) is 0 Å². The lowest BCUT2D eigenvalue weighted by Gasteiger charge is -2.11. The summed E-state index contributed by atoms with van der Waals surface area (Å²) in [5, 5.41) is 0. The molecule has 0 amide bonds. The van der Waals surface area contributed by atoms with E-state index in [1.807, 2.05) is 97.1 Å². The second kappa shape index (κ2) is 42.3. The van der Waals surface area contributed by atoms with Crippen molar-refractivity contribution < 1.29 is 26.3 Å². The molecule has 0 aliphatic rings. The monoisotopic (exact) mass is 1300 g/mol. The lowest BCUT2D eigenvalue weighted by Crippen LogP contribution is -1.98. The standard InChI is InChI=1S/3C30H36F2/c1-3-5-7-8-10-11-23-13-15-24(16-14-23)25-17-19-26(20-18-25)28-22-21-27(12-9-6-4-2)29(31)30(28)32;1-3-5-7-8-10-12-24-15-19-26(20-16-24)28-22-21-27(29(31)30(28)32)25-17-13-23(14-18-25)11-9-6-4-2;1-3-5-7-8-10-12-27-21-22-28(30(32)29(27)31)26-19-17-25(18-20-26)24-15-13-23(14-16-24)11-9-6-4-2/h3*13-22H,3-12H2,1-2H3. The van der Waals surface area contributed by atoms with E-state index in [2.05, 4.69) is 90.1 Å². The average molecular weight is 1300 g/mol. The number of unbranched alkanes of at least 4 members (excludes halogenated alkanes) is 18.